The highest BCUT2D eigenvalue weighted by molar-refractivity contribution is 6.35. The summed E-state index contributed by atoms with van der Waals surface area (Å²) >= 11 is 11.9. The van der Waals surface area contributed by atoms with Crippen LogP contribution >= 0.6 is 23.2 Å². The Hall–Kier alpha value is -1.72. The van der Waals surface area contributed by atoms with Gasteiger partial charge in [-0.25, -0.2) is 0 Å². The molecule has 0 bridgehead atoms. The summed E-state index contributed by atoms with van der Waals surface area (Å²) < 4.78 is 0. The van der Waals surface area contributed by atoms with Gasteiger partial charge in [-0.2, -0.15) is 5.10 Å². The molecular weight excluding hydrogens is 299 g/mol. The second-order valence-corrected chi connectivity index (χ2v) is 5.48. The van der Waals surface area contributed by atoms with Crippen molar-refractivity contribution in [3.05, 3.63) is 39.6 Å². The van der Waals surface area contributed by atoms with Crippen LogP contribution in [0.5, 0.6) is 0 Å². The Morgan fingerprint density at radius 2 is 2.10 bits per heavy atom. The second-order valence-electron chi connectivity index (χ2n) is 4.63. The summed E-state index contributed by atoms with van der Waals surface area (Å²) in [5.41, 5.74) is 7.54. The summed E-state index contributed by atoms with van der Waals surface area (Å²) in [6.07, 6.45) is 0. The fraction of sp³-hybridized carbons (Fsp3) is 0.231. The molecule has 2 rings (SSSR count). The lowest BCUT2D eigenvalue weighted by Gasteiger charge is -2.07. The van der Waals surface area contributed by atoms with Gasteiger partial charge in [0.2, 0.25) is 0 Å². The van der Waals surface area contributed by atoms with Crippen molar-refractivity contribution in [1.82, 2.24) is 10.2 Å². The molecular formula is C13H14Cl2N4O. The van der Waals surface area contributed by atoms with Crippen LogP contribution in [-0.4, -0.2) is 16.1 Å². The molecule has 4 N–H and O–H groups in total. The minimum atomic E-state index is -0.435. The van der Waals surface area contributed by atoms with Crippen molar-refractivity contribution in [3.63, 3.8) is 0 Å². The summed E-state index contributed by atoms with van der Waals surface area (Å²) in [7, 11) is 0. The van der Waals surface area contributed by atoms with Crippen LogP contribution in [0, 0.1) is 0 Å². The van der Waals surface area contributed by atoms with Crippen LogP contribution in [0.2, 0.25) is 10.0 Å². The number of aromatic amines is 1. The van der Waals surface area contributed by atoms with Crippen molar-refractivity contribution in [2.24, 2.45) is 0 Å². The number of nitrogen functional groups attached to an aromatic ring is 1. The first-order valence-electron chi connectivity index (χ1n) is 6.00. The molecule has 5 nitrogen and oxygen atoms in total. The number of anilines is 2. The Kier molecular flexibility index (Phi) is 4.20. The van der Waals surface area contributed by atoms with Crippen LogP contribution in [0.3, 0.4) is 0 Å². The van der Waals surface area contributed by atoms with Gasteiger partial charge in [0, 0.05) is 5.02 Å². The summed E-state index contributed by atoms with van der Waals surface area (Å²) in [6, 6.07) is 4.81. The molecule has 0 fully saturated rings. The number of nitrogens with zero attached hydrogens (tertiary/aromatic N) is 1. The van der Waals surface area contributed by atoms with Gasteiger partial charge in [0.05, 0.1) is 22.1 Å². The average molecular weight is 313 g/mol. The topological polar surface area (TPSA) is 83.8 Å². The molecule has 1 amide bonds. The van der Waals surface area contributed by atoms with E-state index in [1.807, 2.05) is 13.8 Å². The molecule has 0 aliphatic carbocycles. The predicted molar refractivity (Wildman–Crippen MR) is 81.5 cm³/mol. The Labute approximate surface area is 126 Å². The van der Waals surface area contributed by atoms with Crippen molar-refractivity contribution in [2.45, 2.75) is 19.8 Å². The van der Waals surface area contributed by atoms with E-state index >= 15 is 0 Å². The Morgan fingerprint density at radius 1 is 1.40 bits per heavy atom. The number of amides is 1. The number of nitrogens with two attached hydrogens (primary N) is 1. The zero-order valence-electron chi connectivity index (χ0n) is 11.0. The van der Waals surface area contributed by atoms with Crippen molar-refractivity contribution in [1.29, 1.82) is 0 Å². The second kappa shape index (κ2) is 5.73. The number of benzene rings is 1. The molecule has 0 saturated heterocycles. The molecule has 0 radical (unpaired) electrons. The van der Waals surface area contributed by atoms with Crippen molar-refractivity contribution in [3.8, 4) is 0 Å². The lowest BCUT2D eigenvalue weighted by atomic mass is 10.1. The van der Waals surface area contributed by atoms with Crippen LogP contribution in [0.1, 0.15) is 35.9 Å². The van der Waals surface area contributed by atoms with Gasteiger partial charge in [0.1, 0.15) is 0 Å². The van der Waals surface area contributed by atoms with E-state index in [-0.39, 0.29) is 11.6 Å². The van der Waals surface area contributed by atoms with Crippen molar-refractivity contribution >= 4 is 40.5 Å². The van der Waals surface area contributed by atoms with E-state index in [1.54, 1.807) is 18.2 Å². The van der Waals surface area contributed by atoms with E-state index in [2.05, 4.69) is 15.5 Å². The van der Waals surface area contributed by atoms with Crippen LogP contribution in [0.25, 0.3) is 0 Å². The zero-order valence-corrected chi connectivity index (χ0v) is 12.5. The van der Waals surface area contributed by atoms with Gasteiger partial charge in [-0.05, 0) is 24.1 Å². The molecule has 0 aliphatic heterocycles. The van der Waals surface area contributed by atoms with E-state index in [0.717, 1.165) is 5.69 Å². The quantitative estimate of drug-likeness (QED) is 0.808. The number of carbonyl (C=O) groups is 1. The lowest BCUT2D eigenvalue weighted by Crippen LogP contribution is -2.14. The van der Waals surface area contributed by atoms with E-state index in [9.17, 15) is 4.79 Å². The van der Waals surface area contributed by atoms with Gasteiger partial charge < -0.3 is 11.1 Å². The number of carbonyl (C=O) groups excluding carboxylic acids is 1. The molecule has 0 spiro atoms. The monoisotopic (exact) mass is 312 g/mol. The van der Waals surface area contributed by atoms with E-state index in [0.29, 0.717) is 21.4 Å². The molecule has 1 aromatic heterocycles. The maximum absolute atomic E-state index is 12.2. The van der Waals surface area contributed by atoms with Gasteiger partial charge in [-0.1, -0.05) is 37.0 Å². The number of hydrogen-bond donors (Lipinski definition) is 3. The largest absolute Gasteiger partial charge is 0.395 e. The Morgan fingerprint density at radius 3 is 2.70 bits per heavy atom. The maximum Gasteiger partial charge on any atom is 0.278 e. The van der Waals surface area contributed by atoms with E-state index in [4.69, 9.17) is 28.9 Å². The van der Waals surface area contributed by atoms with E-state index in [1.165, 1.54) is 0 Å². The fourth-order valence-electron chi connectivity index (χ4n) is 1.75. The first-order valence-corrected chi connectivity index (χ1v) is 6.76. The number of halogens is 2. The van der Waals surface area contributed by atoms with Crippen molar-refractivity contribution in [2.75, 3.05) is 11.1 Å². The third-order valence-electron chi connectivity index (χ3n) is 2.80. The third kappa shape index (κ3) is 2.89. The first-order chi connectivity index (χ1) is 9.40. The molecule has 106 valence electrons. The summed E-state index contributed by atoms with van der Waals surface area (Å²) in [5.74, 6) is -0.284. The van der Waals surface area contributed by atoms with Crippen LogP contribution < -0.4 is 11.1 Å². The zero-order chi connectivity index (χ0) is 14.9. The van der Waals surface area contributed by atoms with Crippen LogP contribution in [0.15, 0.2) is 18.2 Å². The maximum atomic E-state index is 12.2. The normalized spacial score (nSPS) is 10.8. The molecule has 0 saturated carbocycles. The fourth-order valence-corrected chi connectivity index (χ4v) is 2.09. The standard InChI is InChI=1S/C13H14Cl2N4O/c1-6(2)11-10(16)12(19-18-11)13(20)17-9-5-7(14)3-4-8(9)15/h3-6H,16H2,1-2H3,(H,17,20)(H,18,19). The number of hydrogen-bond acceptors (Lipinski definition) is 3. The predicted octanol–water partition coefficient (Wildman–Crippen LogP) is 3.67. The van der Waals surface area contributed by atoms with Crippen molar-refractivity contribution < 1.29 is 4.79 Å². The summed E-state index contributed by atoms with van der Waals surface area (Å²) in [4.78, 5) is 12.2. The smallest absolute Gasteiger partial charge is 0.278 e. The summed E-state index contributed by atoms with van der Waals surface area (Å²) in [6.45, 7) is 3.92. The Bertz CT molecular complexity index is 652. The van der Waals surface area contributed by atoms with Gasteiger partial charge in [-0.15, -0.1) is 0 Å². The van der Waals surface area contributed by atoms with Gasteiger partial charge in [0.15, 0.2) is 5.69 Å². The molecule has 2 aromatic rings. The highest BCUT2D eigenvalue weighted by Crippen LogP contribution is 2.27. The Balaban J connectivity index is 2.26. The van der Waals surface area contributed by atoms with Crippen LogP contribution in [-0.2, 0) is 0 Å². The molecule has 0 atom stereocenters. The van der Waals surface area contributed by atoms with E-state index < -0.39 is 5.91 Å². The number of aromatic nitrogens is 2. The number of nitrogens with one attached hydrogen (secondary N) is 2. The minimum Gasteiger partial charge on any atom is -0.395 e. The summed E-state index contributed by atoms with van der Waals surface area (Å²) in [5, 5.41) is 10.2. The SMILES string of the molecule is CC(C)c1[nH]nc(C(=O)Nc2cc(Cl)ccc2Cl)c1N. The average Bonchev–Trinajstić information content (AvgIpc) is 2.76. The van der Waals surface area contributed by atoms with Crippen LogP contribution in [0.4, 0.5) is 11.4 Å². The minimum absolute atomic E-state index is 0.143. The highest BCUT2D eigenvalue weighted by Gasteiger charge is 2.19. The third-order valence-corrected chi connectivity index (χ3v) is 3.37. The molecule has 7 heteroatoms. The number of rotatable bonds is 3. The lowest BCUT2D eigenvalue weighted by molar-refractivity contribution is 0.102. The van der Waals surface area contributed by atoms with Gasteiger partial charge >= 0.3 is 0 Å². The van der Waals surface area contributed by atoms with Gasteiger partial charge in [-0.3, -0.25) is 9.89 Å². The first kappa shape index (κ1) is 14.7. The molecule has 20 heavy (non-hydrogen) atoms. The molecule has 1 heterocycles. The molecule has 1 aromatic carbocycles. The molecule has 0 aliphatic rings. The number of H-pyrrole nitrogens is 1. The highest BCUT2D eigenvalue weighted by atomic mass is 35.5. The van der Waals surface area contributed by atoms with Gasteiger partial charge in [0.25, 0.3) is 5.91 Å². The molecule has 0 unspecified atom stereocenters.